The molecule has 128 valence electrons. The first-order chi connectivity index (χ1) is 10.8. The van der Waals surface area contributed by atoms with Gasteiger partial charge in [0.05, 0.1) is 5.75 Å². The van der Waals surface area contributed by atoms with Crippen molar-refractivity contribution in [3.63, 3.8) is 0 Å². The maximum atomic E-state index is 12.9. The Morgan fingerprint density at radius 3 is 2.48 bits per heavy atom. The van der Waals surface area contributed by atoms with E-state index in [-0.39, 0.29) is 11.8 Å². The molecule has 23 heavy (non-hydrogen) atoms. The van der Waals surface area contributed by atoms with E-state index in [0.29, 0.717) is 11.5 Å². The van der Waals surface area contributed by atoms with E-state index in [4.69, 9.17) is 0 Å². The lowest BCUT2D eigenvalue weighted by Gasteiger charge is -2.30. The van der Waals surface area contributed by atoms with Crippen LogP contribution in [0, 0.1) is 11.7 Å². The van der Waals surface area contributed by atoms with Crippen LogP contribution < -0.4 is 5.32 Å². The monoisotopic (exact) mass is 341 g/mol. The number of benzene rings is 1. The van der Waals surface area contributed by atoms with E-state index < -0.39 is 26.8 Å². The second-order valence-electron chi connectivity index (χ2n) is 6.45. The fourth-order valence-electron chi connectivity index (χ4n) is 2.93. The number of hydrogen-bond donors (Lipinski definition) is 1. The molecule has 2 rings (SSSR count). The zero-order chi connectivity index (χ0) is 17.0. The van der Waals surface area contributed by atoms with Crippen LogP contribution in [0.1, 0.15) is 45.1 Å². The second-order valence-corrected chi connectivity index (χ2v) is 8.77. The van der Waals surface area contributed by atoms with Crippen molar-refractivity contribution >= 4 is 15.7 Å². The van der Waals surface area contributed by atoms with E-state index in [1.807, 2.05) is 0 Å². The summed E-state index contributed by atoms with van der Waals surface area (Å²) >= 11 is 0. The van der Waals surface area contributed by atoms with E-state index in [0.717, 1.165) is 25.7 Å². The predicted octanol–water partition coefficient (Wildman–Crippen LogP) is 2.82. The highest BCUT2D eigenvalue weighted by Crippen LogP contribution is 2.24. The minimum absolute atomic E-state index is 0.0553. The number of amides is 1. The van der Waals surface area contributed by atoms with Crippen LogP contribution in [0.15, 0.2) is 24.3 Å². The van der Waals surface area contributed by atoms with Gasteiger partial charge in [-0.2, -0.15) is 0 Å². The molecule has 0 aromatic heterocycles. The minimum atomic E-state index is -3.63. The van der Waals surface area contributed by atoms with Crippen molar-refractivity contribution in [1.29, 1.82) is 0 Å². The highest BCUT2D eigenvalue weighted by atomic mass is 32.2. The van der Waals surface area contributed by atoms with Gasteiger partial charge in [-0.1, -0.05) is 31.9 Å². The number of nitrogens with one attached hydrogen (secondary N) is 1. The van der Waals surface area contributed by atoms with E-state index in [2.05, 4.69) is 12.2 Å². The van der Waals surface area contributed by atoms with Crippen LogP contribution in [0.3, 0.4) is 0 Å². The molecule has 0 heterocycles. The van der Waals surface area contributed by atoms with E-state index in [1.165, 1.54) is 31.2 Å². The fraction of sp³-hybridized carbons (Fsp3) is 0.588. The molecule has 1 aliphatic carbocycles. The lowest BCUT2D eigenvalue weighted by Crippen LogP contribution is -2.47. The molecule has 1 saturated carbocycles. The number of carbonyl (C=O) groups is 1. The first-order valence-electron chi connectivity index (χ1n) is 8.06. The summed E-state index contributed by atoms with van der Waals surface area (Å²) in [6.07, 6.45) is 4.18. The molecule has 0 spiro atoms. The van der Waals surface area contributed by atoms with Gasteiger partial charge in [0, 0.05) is 6.04 Å². The number of rotatable bonds is 5. The molecule has 0 aliphatic heterocycles. The maximum Gasteiger partial charge on any atom is 0.238 e. The Morgan fingerprint density at radius 2 is 1.87 bits per heavy atom. The summed E-state index contributed by atoms with van der Waals surface area (Å²) < 4.78 is 37.7. The van der Waals surface area contributed by atoms with Gasteiger partial charge in [0.2, 0.25) is 5.91 Å². The van der Waals surface area contributed by atoms with Crippen LogP contribution in [0.2, 0.25) is 0 Å². The zero-order valence-corrected chi connectivity index (χ0v) is 14.4. The van der Waals surface area contributed by atoms with Gasteiger partial charge in [-0.15, -0.1) is 0 Å². The molecule has 3 atom stereocenters. The molecule has 0 bridgehead atoms. The van der Waals surface area contributed by atoms with Crippen molar-refractivity contribution in [3.8, 4) is 0 Å². The quantitative estimate of drug-likeness (QED) is 0.896. The van der Waals surface area contributed by atoms with Crippen LogP contribution in [0.4, 0.5) is 4.39 Å². The molecule has 1 fully saturated rings. The van der Waals surface area contributed by atoms with E-state index >= 15 is 0 Å². The molecule has 1 N–H and O–H groups in total. The van der Waals surface area contributed by atoms with Gasteiger partial charge < -0.3 is 5.32 Å². The molecule has 0 unspecified atom stereocenters. The third-order valence-corrected chi connectivity index (χ3v) is 6.66. The molecule has 1 aliphatic rings. The van der Waals surface area contributed by atoms with Gasteiger partial charge in [0.25, 0.3) is 0 Å². The fourth-order valence-corrected chi connectivity index (χ4v) is 4.23. The molecule has 0 radical (unpaired) electrons. The summed E-state index contributed by atoms with van der Waals surface area (Å²) in [4.78, 5) is 12.3. The highest BCUT2D eigenvalue weighted by molar-refractivity contribution is 7.92. The zero-order valence-electron chi connectivity index (χ0n) is 13.6. The van der Waals surface area contributed by atoms with Crippen molar-refractivity contribution in [3.05, 3.63) is 35.6 Å². The molecule has 1 aromatic rings. The largest absolute Gasteiger partial charge is 0.352 e. The number of hydrogen-bond acceptors (Lipinski definition) is 3. The third-order valence-electron chi connectivity index (χ3n) is 4.63. The average molecular weight is 341 g/mol. The van der Waals surface area contributed by atoms with Crippen LogP contribution in [-0.4, -0.2) is 25.6 Å². The number of sulfone groups is 1. The summed E-state index contributed by atoms with van der Waals surface area (Å²) in [6, 6.07) is 5.36. The van der Waals surface area contributed by atoms with Crippen molar-refractivity contribution < 1.29 is 17.6 Å². The van der Waals surface area contributed by atoms with Gasteiger partial charge in [-0.25, -0.2) is 12.8 Å². The second kappa shape index (κ2) is 7.43. The molecule has 4 nitrogen and oxygen atoms in total. The van der Waals surface area contributed by atoms with Crippen LogP contribution in [-0.2, 0) is 20.4 Å². The van der Waals surface area contributed by atoms with Crippen molar-refractivity contribution in [2.45, 2.75) is 56.6 Å². The molecular formula is C17H24FNO3S. The highest BCUT2D eigenvalue weighted by Gasteiger charge is 2.31. The standard InChI is InChI=1S/C17H24FNO3S/c1-12-5-3-4-6-16(12)19-17(20)13(2)23(21,22)11-14-7-9-15(18)10-8-14/h7-10,12-13,16H,3-6,11H2,1-2H3,(H,19,20)/t12-,13-,16-/m1/s1. The van der Waals surface area contributed by atoms with E-state index in [1.54, 1.807) is 0 Å². The van der Waals surface area contributed by atoms with Gasteiger partial charge >= 0.3 is 0 Å². The van der Waals surface area contributed by atoms with Gasteiger partial charge in [0.15, 0.2) is 9.84 Å². The van der Waals surface area contributed by atoms with E-state index in [9.17, 15) is 17.6 Å². The Balaban J connectivity index is 2.00. The van der Waals surface area contributed by atoms with Crippen molar-refractivity contribution in [1.82, 2.24) is 5.32 Å². The average Bonchev–Trinajstić information content (AvgIpc) is 2.51. The maximum absolute atomic E-state index is 12.9. The molecular weight excluding hydrogens is 317 g/mol. The third kappa shape index (κ3) is 4.77. The SMILES string of the molecule is C[C@@H]1CCCC[C@H]1NC(=O)[C@@H](C)S(=O)(=O)Cc1ccc(F)cc1. The van der Waals surface area contributed by atoms with Crippen LogP contribution in [0.25, 0.3) is 0 Å². The molecule has 1 aromatic carbocycles. The number of carbonyl (C=O) groups excluding carboxylic acids is 1. The molecule has 0 saturated heterocycles. The Hall–Kier alpha value is -1.43. The normalized spacial score (nSPS) is 23.3. The Bertz CT molecular complexity index is 642. The summed E-state index contributed by atoms with van der Waals surface area (Å²) in [5.41, 5.74) is 0.483. The van der Waals surface area contributed by atoms with Crippen molar-refractivity contribution in [2.24, 2.45) is 5.92 Å². The van der Waals surface area contributed by atoms with Gasteiger partial charge in [0.1, 0.15) is 11.1 Å². The topological polar surface area (TPSA) is 63.2 Å². The Kier molecular flexibility index (Phi) is 5.79. The summed E-state index contributed by atoms with van der Waals surface area (Å²) in [6.45, 7) is 3.50. The van der Waals surface area contributed by atoms with Crippen LogP contribution >= 0.6 is 0 Å². The minimum Gasteiger partial charge on any atom is -0.352 e. The smallest absolute Gasteiger partial charge is 0.238 e. The van der Waals surface area contributed by atoms with Gasteiger partial charge in [-0.05, 0) is 43.4 Å². The Labute approximate surface area is 137 Å². The Morgan fingerprint density at radius 1 is 1.26 bits per heavy atom. The van der Waals surface area contributed by atoms with Gasteiger partial charge in [-0.3, -0.25) is 4.79 Å². The lowest BCUT2D eigenvalue weighted by molar-refractivity contribution is -0.121. The first-order valence-corrected chi connectivity index (χ1v) is 9.77. The molecule has 1 amide bonds. The summed E-state index contributed by atoms with van der Waals surface area (Å²) in [5.74, 6) is -0.740. The summed E-state index contributed by atoms with van der Waals surface area (Å²) in [7, 11) is -3.63. The first kappa shape index (κ1) is 17.9. The number of halogens is 1. The molecule has 6 heteroatoms. The lowest BCUT2D eigenvalue weighted by atomic mass is 9.86. The van der Waals surface area contributed by atoms with Crippen LogP contribution in [0.5, 0.6) is 0 Å². The predicted molar refractivity (Wildman–Crippen MR) is 88.0 cm³/mol. The summed E-state index contributed by atoms with van der Waals surface area (Å²) in [5, 5.41) is 1.78. The van der Waals surface area contributed by atoms with Crippen molar-refractivity contribution in [2.75, 3.05) is 0 Å².